The maximum atomic E-state index is 14.4. The van der Waals surface area contributed by atoms with Crippen molar-refractivity contribution in [3.63, 3.8) is 0 Å². The predicted molar refractivity (Wildman–Crippen MR) is 116 cm³/mol. The number of hydrogen-bond donors (Lipinski definition) is 1. The Hall–Kier alpha value is -3.14. The van der Waals surface area contributed by atoms with E-state index in [0.717, 1.165) is 16.5 Å². The lowest BCUT2D eigenvalue weighted by Crippen LogP contribution is -2.08. The fraction of sp³-hybridized carbons (Fsp3) is 0.286. The lowest BCUT2D eigenvalue weighted by atomic mass is 10.2. The highest BCUT2D eigenvalue weighted by Crippen LogP contribution is 2.40. The van der Waals surface area contributed by atoms with E-state index in [1.807, 2.05) is 19.4 Å². The summed E-state index contributed by atoms with van der Waals surface area (Å²) in [7, 11) is 1.84. The number of nitrogen functional groups attached to an aromatic ring is 1. The van der Waals surface area contributed by atoms with Gasteiger partial charge in [0.25, 0.3) is 0 Å². The number of imidazole rings is 1. The van der Waals surface area contributed by atoms with Gasteiger partial charge in [0.05, 0.1) is 28.5 Å². The zero-order chi connectivity index (χ0) is 22.3. The van der Waals surface area contributed by atoms with Crippen LogP contribution in [-0.4, -0.2) is 28.9 Å². The topological polar surface area (TPSA) is 83.3 Å². The first-order valence-corrected chi connectivity index (χ1v) is 10.3. The number of fused-ring (bicyclic) bond motifs is 1. The highest BCUT2D eigenvalue weighted by atomic mass is 32.2. The molecule has 4 heterocycles. The average Bonchev–Trinajstić information content (AvgIpc) is 3.27. The van der Waals surface area contributed by atoms with Crippen LogP contribution in [0.2, 0.25) is 0 Å². The molecule has 0 saturated heterocycles. The molecule has 0 radical (unpaired) electrons. The van der Waals surface area contributed by atoms with Gasteiger partial charge in [0, 0.05) is 35.8 Å². The number of aromatic nitrogens is 5. The summed E-state index contributed by atoms with van der Waals surface area (Å²) < 4.78 is 37.8. The SMILES string of the molecule is Cn1cc(COc2cc3ncc(-c4cc(F)c(N)nc4F)n3cc2SC(C)(C)C)cn1. The number of anilines is 1. The van der Waals surface area contributed by atoms with Crippen molar-refractivity contribution in [2.45, 2.75) is 37.0 Å². The Kier molecular flexibility index (Phi) is 5.34. The molecule has 2 N–H and O–H groups in total. The molecule has 4 aromatic heterocycles. The van der Waals surface area contributed by atoms with Gasteiger partial charge in [-0.1, -0.05) is 20.8 Å². The molecule has 4 rings (SSSR count). The smallest absolute Gasteiger partial charge is 0.224 e. The van der Waals surface area contributed by atoms with E-state index in [1.54, 1.807) is 33.1 Å². The molecule has 31 heavy (non-hydrogen) atoms. The molecular formula is C21H22F2N6OS. The Labute approximate surface area is 182 Å². The van der Waals surface area contributed by atoms with Gasteiger partial charge < -0.3 is 10.5 Å². The van der Waals surface area contributed by atoms with Gasteiger partial charge in [-0.05, 0) is 6.07 Å². The van der Waals surface area contributed by atoms with Crippen LogP contribution in [0.3, 0.4) is 0 Å². The van der Waals surface area contributed by atoms with Gasteiger partial charge >= 0.3 is 0 Å². The van der Waals surface area contributed by atoms with Crippen molar-refractivity contribution in [3.05, 3.63) is 54.2 Å². The van der Waals surface area contributed by atoms with E-state index >= 15 is 0 Å². The normalized spacial score (nSPS) is 11.9. The van der Waals surface area contributed by atoms with E-state index in [-0.39, 0.29) is 10.3 Å². The fourth-order valence-electron chi connectivity index (χ4n) is 3.07. The first kappa shape index (κ1) is 21.1. The Balaban J connectivity index is 1.78. The van der Waals surface area contributed by atoms with Gasteiger partial charge in [0.15, 0.2) is 11.6 Å². The first-order valence-electron chi connectivity index (χ1n) is 9.53. The largest absolute Gasteiger partial charge is 0.487 e. The molecule has 7 nitrogen and oxygen atoms in total. The van der Waals surface area contributed by atoms with Crippen LogP contribution in [-0.2, 0) is 13.7 Å². The third-order valence-electron chi connectivity index (χ3n) is 4.38. The predicted octanol–water partition coefficient (Wildman–Crippen LogP) is 4.46. The quantitative estimate of drug-likeness (QED) is 0.361. The van der Waals surface area contributed by atoms with Crippen LogP contribution in [0.15, 0.2) is 41.8 Å². The van der Waals surface area contributed by atoms with E-state index in [0.29, 0.717) is 23.7 Å². The van der Waals surface area contributed by atoms with Crippen LogP contribution in [0.25, 0.3) is 16.9 Å². The summed E-state index contributed by atoms with van der Waals surface area (Å²) in [6.07, 6.45) is 6.92. The third-order valence-corrected chi connectivity index (χ3v) is 5.52. The van der Waals surface area contributed by atoms with Gasteiger partial charge in [-0.3, -0.25) is 9.08 Å². The minimum Gasteiger partial charge on any atom is -0.487 e. The minimum atomic E-state index is -0.859. The molecule has 0 amide bonds. The van der Waals surface area contributed by atoms with E-state index < -0.39 is 17.6 Å². The molecule has 0 fully saturated rings. The van der Waals surface area contributed by atoms with Crippen LogP contribution in [0.1, 0.15) is 26.3 Å². The number of thioether (sulfide) groups is 1. The Morgan fingerprint density at radius 2 is 1.94 bits per heavy atom. The van der Waals surface area contributed by atoms with Crippen molar-refractivity contribution < 1.29 is 13.5 Å². The maximum Gasteiger partial charge on any atom is 0.224 e. The van der Waals surface area contributed by atoms with Crippen molar-refractivity contribution in [1.29, 1.82) is 0 Å². The molecule has 0 unspecified atom stereocenters. The van der Waals surface area contributed by atoms with Crippen LogP contribution >= 0.6 is 11.8 Å². The Morgan fingerprint density at radius 1 is 1.16 bits per heavy atom. The van der Waals surface area contributed by atoms with Crippen LogP contribution in [0.5, 0.6) is 5.75 Å². The summed E-state index contributed by atoms with van der Waals surface area (Å²) in [4.78, 5) is 8.65. The molecule has 0 aromatic carbocycles. The zero-order valence-corrected chi connectivity index (χ0v) is 18.4. The van der Waals surface area contributed by atoms with Crippen molar-refractivity contribution in [2.24, 2.45) is 7.05 Å². The number of pyridine rings is 2. The van der Waals surface area contributed by atoms with Crippen LogP contribution < -0.4 is 10.5 Å². The van der Waals surface area contributed by atoms with Crippen LogP contribution in [0, 0.1) is 11.8 Å². The van der Waals surface area contributed by atoms with Crippen molar-refractivity contribution in [3.8, 4) is 17.0 Å². The maximum absolute atomic E-state index is 14.4. The van der Waals surface area contributed by atoms with Crippen molar-refractivity contribution in [1.82, 2.24) is 24.1 Å². The molecule has 162 valence electrons. The molecule has 0 bridgehead atoms. The highest BCUT2D eigenvalue weighted by Gasteiger charge is 2.20. The summed E-state index contributed by atoms with van der Waals surface area (Å²) in [6.45, 7) is 6.60. The second-order valence-corrected chi connectivity index (χ2v) is 9.96. The summed E-state index contributed by atoms with van der Waals surface area (Å²) >= 11 is 1.60. The number of halogens is 2. The second-order valence-electron chi connectivity index (χ2n) is 8.09. The number of nitrogens with zero attached hydrogens (tertiary/aromatic N) is 5. The zero-order valence-electron chi connectivity index (χ0n) is 17.6. The highest BCUT2D eigenvalue weighted by molar-refractivity contribution is 8.00. The number of nitrogens with two attached hydrogens (primary N) is 1. The summed E-state index contributed by atoms with van der Waals surface area (Å²) in [5.41, 5.74) is 7.20. The van der Waals surface area contributed by atoms with Gasteiger partial charge in [-0.25, -0.2) is 9.37 Å². The number of ether oxygens (including phenoxy) is 1. The van der Waals surface area contributed by atoms with E-state index in [1.165, 1.54) is 6.20 Å². The fourth-order valence-corrected chi connectivity index (χ4v) is 4.11. The molecule has 0 spiro atoms. The molecule has 0 aliphatic carbocycles. The number of hydrogen-bond acceptors (Lipinski definition) is 6. The lowest BCUT2D eigenvalue weighted by Gasteiger charge is -2.20. The lowest BCUT2D eigenvalue weighted by molar-refractivity contribution is 0.298. The molecule has 10 heteroatoms. The average molecular weight is 445 g/mol. The van der Waals surface area contributed by atoms with E-state index in [2.05, 4.69) is 35.8 Å². The second kappa shape index (κ2) is 7.84. The Morgan fingerprint density at radius 3 is 2.61 bits per heavy atom. The van der Waals surface area contributed by atoms with Gasteiger partial charge in [-0.2, -0.15) is 14.5 Å². The van der Waals surface area contributed by atoms with Crippen LogP contribution in [0.4, 0.5) is 14.6 Å². The number of aryl methyl sites for hydroxylation is 1. The van der Waals surface area contributed by atoms with Crippen molar-refractivity contribution in [2.75, 3.05) is 5.73 Å². The third kappa shape index (κ3) is 4.48. The molecule has 0 atom stereocenters. The molecular weight excluding hydrogens is 422 g/mol. The number of rotatable bonds is 5. The van der Waals surface area contributed by atoms with Gasteiger partial charge in [-0.15, -0.1) is 11.8 Å². The molecule has 4 aromatic rings. The minimum absolute atomic E-state index is 0.0186. The van der Waals surface area contributed by atoms with E-state index in [4.69, 9.17) is 10.5 Å². The van der Waals surface area contributed by atoms with Crippen molar-refractivity contribution >= 4 is 23.2 Å². The molecule has 0 aliphatic rings. The monoisotopic (exact) mass is 444 g/mol. The summed E-state index contributed by atoms with van der Waals surface area (Å²) in [6, 6.07) is 2.82. The Bertz CT molecular complexity index is 1260. The first-order chi connectivity index (χ1) is 14.6. The van der Waals surface area contributed by atoms with Gasteiger partial charge in [0.2, 0.25) is 5.95 Å². The summed E-state index contributed by atoms with van der Waals surface area (Å²) in [5.74, 6) is -1.48. The molecule has 0 saturated carbocycles. The van der Waals surface area contributed by atoms with Gasteiger partial charge in [0.1, 0.15) is 18.0 Å². The molecule has 0 aliphatic heterocycles. The standard InChI is InChI=1S/C21H22F2N6OS/c1-21(2,3)31-17-10-29-15(13-5-14(22)20(24)27-19(13)23)8-25-18(29)6-16(17)30-11-12-7-26-28(4)9-12/h5-10H,11H2,1-4H3,(H2,24,27). The van der Waals surface area contributed by atoms with E-state index in [9.17, 15) is 8.78 Å². The summed E-state index contributed by atoms with van der Waals surface area (Å²) in [5, 5.41) is 4.15.